The highest BCUT2D eigenvalue weighted by molar-refractivity contribution is 7.33. The van der Waals surface area contributed by atoms with Crippen LogP contribution in [-0.4, -0.2) is 15.5 Å². The van der Waals surface area contributed by atoms with Crippen LogP contribution >= 0.6 is 11.1 Å². The normalized spacial score (nSPS) is 14.9. The first-order valence-electron chi connectivity index (χ1n) is 7.08. The van der Waals surface area contributed by atoms with Gasteiger partial charge in [0.1, 0.15) is 0 Å². The molecule has 2 aromatic rings. The smallest absolute Gasteiger partial charge is 0.155 e. The summed E-state index contributed by atoms with van der Waals surface area (Å²) in [6.07, 6.45) is 0. The highest BCUT2D eigenvalue weighted by Gasteiger charge is 2.30. The summed E-state index contributed by atoms with van der Waals surface area (Å²) in [4.78, 5) is 0. The Bertz CT molecular complexity index is 578. The Hall–Kier alpha value is -0.836. The first-order valence-corrected chi connectivity index (χ1v) is 14.1. The Balaban J connectivity index is 2.37. The number of aryl methyl sites for hydroxylation is 1. The van der Waals surface area contributed by atoms with Crippen LogP contribution in [0.2, 0.25) is 26.2 Å². The second kappa shape index (κ2) is 5.51. The summed E-state index contributed by atoms with van der Waals surface area (Å²) in [6.45, 7) is 11.4. The zero-order valence-corrected chi connectivity index (χ0v) is 15.8. The van der Waals surface area contributed by atoms with Gasteiger partial charge >= 0.3 is 0 Å². The van der Waals surface area contributed by atoms with Gasteiger partial charge in [0.05, 0.1) is 8.07 Å². The molecule has 0 nitrogen and oxygen atoms in total. The lowest BCUT2D eigenvalue weighted by Crippen LogP contribution is -2.51. The second-order valence-corrected chi connectivity index (χ2v) is 17.2. The predicted molar refractivity (Wildman–Crippen MR) is 97.3 cm³/mol. The van der Waals surface area contributed by atoms with Crippen molar-refractivity contribution in [1.82, 2.24) is 0 Å². The first-order chi connectivity index (χ1) is 9.21. The maximum atomic E-state index is 6.96. The lowest BCUT2D eigenvalue weighted by atomic mass is 10.2. The van der Waals surface area contributed by atoms with Crippen LogP contribution in [0, 0.1) is 6.92 Å². The SMILES string of the molecule is Cc1ccc([Si](C)(Cl)c2ccc([Si](C)(C)C)cc2)cc1. The number of rotatable bonds is 3. The summed E-state index contributed by atoms with van der Waals surface area (Å²) < 4.78 is 0. The van der Waals surface area contributed by atoms with Gasteiger partial charge < -0.3 is 0 Å². The van der Waals surface area contributed by atoms with Gasteiger partial charge in [-0.25, -0.2) is 0 Å². The molecule has 0 aliphatic rings. The Morgan fingerprint density at radius 1 is 0.650 bits per heavy atom. The minimum Gasteiger partial charge on any atom is -0.155 e. The molecule has 0 bridgehead atoms. The van der Waals surface area contributed by atoms with Gasteiger partial charge in [-0.1, -0.05) is 78.9 Å². The van der Waals surface area contributed by atoms with Gasteiger partial charge in [-0.3, -0.25) is 0 Å². The second-order valence-electron chi connectivity index (χ2n) is 6.70. The number of halogens is 1. The van der Waals surface area contributed by atoms with Crippen LogP contribution in [0.15, 0.2) is 48.5 Å². The highest BCUT2D eigenvalue weighted by atomic mass is 35.6. The van der Waals surface area contributed by atoms with E-state index in [1.54, 1.807) is 0 Å². The molecule has 0 saturated carbocycles. The first kappa shape index (κ1) is 15.6. The molecule has 106 valence electrons. The van der Waals surface area contributed by atoms with Crippen LogP contribution in [0.5, 0.6) is 0 Å². The Labute approximate surface area is 129 Å². The Morgan fingerprint density at radius 3 is 1.40 bits per heavy atom. The van der Waals surface area contributed by atoms with E-state index in [4.69, 9.17) is 11.1 Å². The maximum absolute atomic E-state index is 6.96. The van der Waals surface area contributed by atoms with Gasteiger partial charge in [-0.05, 0) is 23.8 Å². The minimum atomic E-state index is -2.07. The molecular formula is C17H23ClSi2. The fourth-order valence-corrected chi connectivity index (χ4v) is 6.16. The molecule has 0 aliphatic heterocycles. The standard InChI is InChI=1S/C17H23ClSi2/c1-14-6-8-16(9-7-14)20(5,18)17-12-10-15(11-13-17)19(2,3)4/h6-13H,1-5H3. The van der Waals surface area contributed by atoms with Crippen molar-refractivity contribution < 1.29 is 0 Å². The van der Waals surface area contributed by atoms with Gasteiger partial charge in [-0.2, -0.15) is 11.1 Å². The average Bonchev–Trinajstić information content (AvgIpc) is 2.38. The van der Waals surface area contributed by atoms with Crippen molar-refractivity contribution in [1.29, 1.82) is 0 Å². The zero-order chi connectivity index (χ0) is 15.0. The van der Waals surface area contributed by atoms with Crippen molar-refractivity contribution in [2.24, 2.45) is 0 Å². The van der Waals surface area contributed by atoms with E-state index < -0.39 is 15.5 Å². The van der Waals surface area contributed by atoms with Crippen LogP contribution < -0.4 is 15.6 Å². The van der Waals surface area contributed by atoms with E-state index in [0.29, 0.717) is 0 Å². The zero-order valence-electron chi connectivity index (χ0n) is 13.0. The van der Waals surface area contributed by atoms with Crippen LogP contribution in [0.25, 0.3) is 0 Å². The molecule has 0 heterocycles. The van der Waals surface area contributed by atoms with Crippen molar-refractivity contribution in [3.8, 4) is 0 Å². The molecule has 0 spiro atoms. The van der Waals surface area contributed by atoms with E-state index in [9.17, 15) is 0 Å². The number of hydrogen-bond acceptors (Lipinski definition) is 0. The summed E-state index contributed by atoms with van der Waals surface area (Å²) >= 11 is 6.96. The van der Waals surface area contributed by atoms with Crippen LogP contribution in [0.4, 0.5) is 0 Å². The summed E-state index contributed by atoms with van der Waals surface area (Å²) in [6, 6.07) is 17.7. The third-order valence-electron chi connectivity index (χ3n) is 3.89. The summed E-state index contributed by atoms with van der Waals surface area (Å²) in [5.41, 5.74) is 1.28. The van der Waals surface area contributed by atoms with E-state index in [0.717, 1.165) is 0 Å². The Kier molecular flexibility index (Phi) is 4.28. The summed E-state index contributed by atoms with van der Waals surface area (Å²) in [5, 5.41) is 4.07. The fraction of sp³-hybridized carbons (Fsp3) is 0.294. The molecule has 1 atom stereocenters. The summed E-state index contributed by atoms with van der Waals surface area (Å²) in [7, 11) is -3.30. The molecule has 2 aromatic carbocycles. The molecular weight excluding hydrogens is 296 g/mol. The maximum Gasteiger partial charge on any atom is 0.214 e. The van der Waals surface area contributed by atoms with Crippen LogP contribution in [0.1, 0.15) is 5.56 Å². The van der Waals surface area contributed by atoms with Crippen LogP contribution in [0.3, 0.4) is 0 Å². The van der Waals surface area contributed by atoms with Gasteiger partial charge in [0.25, 0.3) is 0 Å². The molecule has 0 fully saturated rings. The topological polar surface area (TPSA) is 0 Å². The van der Waals surface area contributed by atoms with Gasteiger partial charge in [0, 0.05) is 0 Å². The predicted octanol–water partition coefficient (Wildman–Crippen LogP) is 3.47. The molecule has 0 saturated heterocycles. The molecule has 20 heavy (non-hydrogen) atoms. The molecule has 1 unspecified atom stereocenters. The fourth-order valence-electron chi connectivity index (χ4n) is 2.32. The Morgan fingerprint density at radius 2 is 1.00 bits per heavy atom. The molecule has 3 heteroatoms. The average molecular weight is 319 g/mol. The highest BCUT2D eigenvalue weighted by Crippen LogP contribution is 2.11. The van der Waals surface area contributed by atoms with Crippen molar-refractivity contribution in [3.05, 3.63) is 54.1 Å². The van der Waals surface area contributed by atoms with Gasteiger partial charge in [-0.15, -0.1) is 0 Å². The van der Waals surface area contributed by atoms with E-state index in [2.05, 4.69) is 81.6 Å². The monoisotopic (exact) mass is 318 g/mol. The lowest BCUT2D eigenvalue weighted by Gasteiger charge is -2.23. The van der Waals surface area contributed by atoms with E-state index in [1.807, 2.05) is 0 Å². The lowest BCUT2D eigenvalue weighted by molar-refractivity contribution is 1.49. The molecule has 0 N–H and O–H groups in total. The minimum absolute atomic E-state index is 1.23. The van der Waals surface area contributed by atoms with E-state index >= 15 is 0 Å². The van der Waals surface area contributed by atoms with Crippen LogP contribution in [-0.2, 0) is 0 Å². The molecule has 0 aromatic heterocycles. The third kappa shape index (κ3) is 3.25. The third-order valence-corrected chi connectivity index (χ3v) is 10.1. The number of benzene rings is 2. The van der Waals surface area contributed by atoms with E-state index in [1.165, 1.54) is 21.1 Å². The quantitative estimate of drug-likeness (QED) is 0.600. The van der Waals surface area contributed by atoms with Crippen molar-refractivity contribution in [2.75, 3.05) is 0 Å². The van der Waals surface area contributed by atoms with Crippen molar-refractivity contribution in [3.63, 3.8) is 0 Å². The van der Waals surface area contributed by atoms with Crippen molar-refractivity contribution >= 4 is 42.1 Å². The summed E-state index contributed by atoms with van der Waals surface area (Å²) in [5.74, 6) is 0. The van der Waals surface area contributed by atoms with E-state index in [-0.39, 0.29) is 0 Å². The van der Waals surface area contributed by atoms with Gasteiger partial charge in [0.15, 0.2) is 0 Å². The van der Waals surface area contributed by atoms with Crippen molar-refractivity contribution in [2.45, 2.75) is 33.1 Å². The molecule has 0 radical (unpaired) electrons. The molecule has 0 amide bonds. The van der Waals surface area contributed by atoms with Gasteiger partial charge in [0.2, 0.25) is 7.38 Å². The largest absolute Gasteiger partial charge is 0.214 e. The number of hydrogen-bond donors (Lipinski definition) is 0. The molecule has 2 rings (SSSR count). The molecule has 0 aliphatic carbocycles.